The standard InChI is InChI=1S/C36H39N5O7/c1-21(42)39-27-13-11-22-19-30(46-3)34(47-4)35(48-5)32(22)25-12-14-28(29(43)20-26(25)27)37-15-7-10-31(44)40-24-9-6-8-23(18-24)33(45)36-38-16-17-41(36)2/h6,8-9,12,14,16-20,27H,7,10-11,13,15H2,1-5H3,(H,37,43)(H,39,42)(H,40,44). The highest BCUT2D eigenvalue weighted by molar-refractivity contribution is 6.07. The summed E-state index contributed by atoms with van der Waals surface area (Å²) in [7, 11) is 6.39. The van der Waals surface area contributed by atoms with Crippen molar-refractivity contribution in [3.63, 3.8) is 0 Å². The molecule has 0 bridgehead atoms. The molecule has 0 radical (unpaired) electrons. The normalized spacial score (nSPS) is 13.3. The fourth-order valence-corrected chi connectivity index (χ4v) is 6.00. The molecule has 12 nitrogen and oxygen atoms in total. The molecule has 0 spiro atoms. The second-order valence-corrected chi connectivity index (χ2v) is 11.4. The number of amides is 2. The first kappa shape index (κ1) is 33.7. The van der Waals surface area contributed by atoms with Gasteiger partial charge in [0.25, 0.3) is 0 Å². The number of carbonyl (C=O) groups excluding carboxylic acids is 3. The highest BCUT2D eigenvalue weighted by Gasteiger charge is 2.29. The summed E-state index contributed by atoms with van der Waals surface area (Å²) in [5.41, 5.74) is 4.11. The molecule has 3 aromatic carbocycles. The van der Waals surface area contributed by atoms with Gasteiger partial charge in [0.2, 0.25) is 28.8 Å². The molecular weight excluding hydrogens is 614 g/mol. The third-order valence-corrected chi connectivity index (χ3v) is 8.24. The Hall–Kier alpha value is -5.65. The van der Waals surface area contributed by atoms with Gasteiger partial charge in [-0.25, -0.2) is 4.98 Å². The Morgan fingerprint density at radius 2 is 1.79 bits per heavy atom. The summed E-state index contributed by atoms with van der Waals surface area (Å²) >= 11 is 0. The van der Waals surface area contributed by atoms with E-state index in [4.69, 9.17) is 14.2 Å². The van der Waals surface area contributed by atoms with E-state index in [1.54, 1.807) is 74.6 Å². The molecule has 5 rings (SSSR count). The van der Waals surface area contributed by atoms with E-state index in [2.05, 4.69) is 20.9 Å². The van der Waals surface area contributed by atoms with Crippen molar-refractivity contribution in [1.29, 1.82) is 0 Å². The second-order valence-electron chi connectivity index (χ2n) is 11.4. The molecule has 1 aliphatic rings. The number of hydrogen-bond acceptors (Lipinski definition) is 9. The molecule has 1 aromatic heterocycles. The van der Waals surface area contributed by atoms with E-state index in [-0.39, 0.29) is 29.4 Å². The third kappa shape index (κ3) is 7.17. The van der Waals surface area contributed by atoms with Crippen LogP contribution < -0.4 is 35.6 Å². The maximum absolute atomic E-state index is 13.5. The summed E-state index contributed by atoms with van der Waals surface area (Å²) in [6.07, 6.45) is 5.03. The first-order valence-corrected chi connectivity index (χ1v) is 15.6. The van der Waals surface area contributed by atoms with Crippen LogP contribution >= 0.6 is 0 Å². The van der Waals surface area contributed by atoms with Gasteiger partial charge < -0.3 is 34.7 Å². The van der Waals surface area contributed by atoms with Gasteiger partial charge in [-0.3, -0.25) is 19.2 Å². The monoisotopic (exact) mass is 653 g/mol. The summed E-state index contributed by atoms with van der Waals surface area (Å²) in [5, 5.41) is 9.02. The van der Waals surface area contributed by atoms with E-state index in [1.165, 1.54) is 14.0 Å². The van der Waals surface area contributed by atoms with Crippen molar-refractivity contribution >= 4 is 29.0 Å². The average Bonchev–Trinajstić information content (AvgIpc) is 3.37. The number of imidazole rings is 1. The Balaban J connectivity index is 1.33. The van der Waals surface area contributed by atoms with Crippen LogP contribution in [0.5, 0.6) is 17.2 Å². The molecule has 1 aliphatic carbocycles. The van der Waals surface area contributed by atoms with E-state index in [0.717, 1.165) is 16.7 Å². The minimum Gasteiger partial charge on any atom is -0.493 e. The number of nitrogens with one attached hydrogen (secondary N) is 3. The van der Waals surface area contributed by atoms with Crippen molar-refractivity contribution in [1.82, 2.24) is 14.9 Å². The zero-order valence-electron chi connectivity index (χ0n) is 27.6. The lowest BCUT2D eigenvalue weighted by atomic mass is 9.95. The predicted molar refractivity (Wildman–Crippen MR) is 182 cm³/mol. The van der Waals surface area contributed by atoms with Crippen LogP contribution in [-0.4, -0.2) is 55.0 Å². The molecule has 1 unspecified atom stereocenters. The number of fused-ring (bicyclic) bond motifs is 3. The van der Waals surface area contributed by atoms with E-state index < -0.39 is 6.04 Å². The average molecular weight is 654 g/mol. The van der Waals surface area contributed by atoms with E-state index in [1.807, 2.05) is 12.1 Å². The summed E-state index contributed by atoms with van der Waals surface area (Å²) in [6, 6.07) is 13.3. The van der Waals surface area contributed by atoms with Crippen molar-refractivity contribution in [2.24, 2.45) is 7.05 Å². The van der Waals surface area contributed by atoms with Gasteiger partial charge in [0.05, 0.1) is 33.1 Å². The molecule has 0 aliphatic heterocycles. The molecule has 0 saturated carbocycles. The molecule has 0 fully saturated rings. The largest absolute Gasteiger partial charge is 0.493 e. The van der Waals surface area contributed by atoms with Gasteiger partial charge in [0, 0.05) is 56.1 Å². The lowest BCUT2D eigenvalue weighted by Gasteiger charge is -2.19. The van der Waals surface area contributed by atoms with Gasteiger partial charge in [-0.2, -0.15) is 0 Å². The van der Waals surface area contributed by atoms with Crippen LogP contribution in [0.3, 0.4) is 0 Å². The van der Waals surface area contributed by atoms with Crippen LogP contribution in [0.2, 0.25) is 0 Å². The van der Waals surface area contributed by atoms with Crippen molar-refractivity contribution in [3.05, 3.63) is 93.7 Å². The third-order valence-electron chi connectivity index (χ3n) is 8.24. The molecule has 0 saturated heterocycles. The minimum absolute atomic E-state index is 0.186. The number of methoxy groups -OCH3 is 3. The van der Waals surface area contributed by atoms with Crippen molar-refractivity contribution in [3.8, 4) is 28.4 Å². The number of hydrogen-bond donors (Lipinski definition) is 3. The molecule has 1 atom stereocenters. The highest BCUT2D eigenvalue weighted by atomic mass is 16.5. The zero-order chi connectivity index (χ0) is 34.4. The molecular formula is C36H39N5O7. The van der Waals surface area contributed by atoms with Crippen LogP contribution in [-0.2, 0) is 23.1 Å². The van der Waals surface area contributed by atoms with Gasteiger partial charge in [0.15, 0.2) is 17.3 Å². The van der Waals surface area contributed by atoms with Crippen LogP contribution in [0.15, 0.2) is 65.7 Å². The van der Waals surface area contributed by atoms with Crippen LogP contribution in [0.1, 0.15) is 59.5 Å². The highest BCUT2D eigenvalue weighted by Crippen LogP contribution is 2.50. The van der Waals surface area contributed by atoms with Crippen molar-refractivity contribution < 1.29 is 28.6 Å². The van der Waals surface area contributed by atoms with Crippen LogP contribution in [0, 0.1) is 0 Å². The maximum Gasteiger partial charge on any atom is 0.228 e. The van der Waals surface area contributed by atoms with Gasteiger partial charge in [-0.1, -0.05) is 18.2 Å². The summed E-state index contributed by atoms with van der Waals surface area (Å²) in [5.74, 6) is 1.06. The van der Waals surface area contributed by atoms with E-state index >= 15 is 0 Å². The molecule has 1 heterocycles. The first-order valence-electron chi connectivity index (χ1n) is 15.6. The van der Waals surface area contributed by atoms with Crippen molar-refractivity contribution in [2.45, 2.75) is 38.6 Å². The fourth-order valence-electron chi connectivity index (χ4n) is 6.00. The zero-order valence-corrected chi connectivity index (χ0v) is 27.6. The van der Waals surface area contributed by atoms with Gasteiger partial charge in [0.1, 0.15) is 0 Å². The fraction of sp³-hybridized carbons (Fsp3) is 0.306. The minimum atomic E-state index is -0.416. The van der Waals surface area contributed by atoms with Crippen molar-refractivity contribution in [2.75, 3.05) is 38.5 Å². The molecule has 12 heteroatoms. The van der Waals surface area contributed by atoms with Gasteiger partial charge in [-0.05, 0) is 66.3 Å². The number of anilines is 2. The second kappa shape index (κ2) is 14.8. The Kier molecular flexibility index (Phi) is 10.4. The smallest absolute Gasteiger partial charge is 0.228 e. The van der Waals surface area contributed by atoms with E-state index in [9.17, 15) is 19.2 Å². The summed E-state index contributed by atoms with van der Waals surface area (Å²) in [4.78, 5) is 55.4. The van der Waals surface area contributed by atoms with Gasteiger partial charge >= 0.3 is 0 Å². The number of carbonyl (C=O) groups is 3. The van der Waals surface area contributed by atoms with Crippen LogP contribution in [0.25, 0.3) is 11.1 Å². The molecule has 3 N–H and O–H groups in total. The molecule has 4 aromatic rings. The van der Waals surface area contributed by atoms with Crippen LogP contribution in [0.4, 0.5) is 11.4 Å². The number of aromatic nitrogens is 2. The predicted octanol–water partition coefficient (Wildman–Crippen LogP) is 4.66. The first-order chi connectivity index (χ1) is 23.1. The summed E-state index contributed by atoms with van der Waals surface area (Å²) in [6.45, 7) is 1.81. The molecule has 48 heavy (non-hydrogen) atoms. The van der Waals surface area contributed by atoms with Gasteiger partial charge in [-0.15, -0.1) is 0 Å². The Labute approximate surface area is 278 Å². The SMILES string of the molecule is COc1cc2c(c(OC)c1OC)-c1ccc(NCCCC(=O)Nc3cccc(C(=O)c4nccn4C)c3)c(=O)cc1C(NC(C)=O)CC2. The topological polar surface area (TPSA) is 150 Å². The molecule has 250 valence electrons. The lowest BCUT2D eigenvalue weighted by molar-refractivity contribution is -0.119. The Morgan fingerprint density at radius 1 is 1.00 bits per heavy atom. The lowest BCUT2D eigenvalue weighted by Crippen LogP contribution is -2.26. The molecule has 2 amide bonds. The quantitative estimate of drug-likeness (QED) is 0.147. The maximum atomic E-state index is 13.5. The number of rotatable bonds is 12. The number of ether oxygens (including phenoxy) is 3. The number of benzene rings is 2. The Bertz CT molecular complexity index is 1920. The Morgan fingerprint density at radius 3 is 2.48 bits per heavy atom. The summed E-state index contributed by atoms with van der Waals surface area (Å²) < 4.78 is 18.7. The number of ketones is 1. The van der Waals surface area contributed by atoms with E-state index in [0.29, 0.717) is 71.4 Å². The number of aryl methyl sites for hydroxylation is 2. The number of nitrogens with zero attached hydrogens (tertiary/aromatic N) is 2.